The van der Waals surface area contributed by atoms with E-state index in [0.29, 0.717) is 18.9 Å². The van der Waals surface area contributed by atoms with Crippen LogP contribution in [-0.2, 0) is 14.8 Å². The largest absolute Gasteiger partial charge is 0.471 e. The lowest BCUT2D eigenvalue weighted by Crippen LogP contribution is -2.20. The van der Waals surface area contributed by atoms with E-state index in [2.05, 4.69) is 20.0 Å². The Kier molecular flexibility index (Phi) is 5.93. The topological polar surface area (TPSA) is 120 Å². The second-order valence-electron chi connectivity index (χ2n) is 6.38. The molecule has 1 atom stereocenters. The zero-order chi connectivity index (χ0) is 21.0. The second-order valence-corrected chi connectivity index (χ2v) is 8.96. The van der Waals surface area contributed by atoms with Crippen LogP contribution in [0.3, 0.4) is 0 Å². The highest BCUT2D eigenvalue weighted by atomic mass is 32.2. The van der Waals surface area contributed by atoms with Crippen molar-refractivity contribution in [2.45, 2.75) is 17.4 Å². The first-order valence-corrected chi connectivity index (χ1v) is 11.4. The molecule has 3 heterocycles. The van der Waals surface area contributed by atoms with E-state index in [1.807, 2.05) is 0 Å². The van der Waals surface area contributed by atoms with Gasteiger partial charge < -0.3 is 14.8 Å². The minimum absolute atomic E-state index is 0.0577. The molecular weight excluding hydrogens is 428 g/mol. The van der Waals surface area contributed by atoms with Crippen LogP contribution in [0.4, 0.5) is 10.8 Å². The Morgan fingerprint density at radius 1 is 1.17 bits per heavy atom. The minimum atomic E-state index is -3.76. The number of benzene rings is 1. The molecule has 0 saturated carbocycles. The number of amides is 1. The summed E-state index contributed by atoms with van der Waals surface area (Å²) in [6.07, 6.45) is 3.66. The van der Waals surface area contributed by atoms with Gasteiger partial charge in [-0.3, -0.25) is 9.52 Å². The predicted octanol–water partition coefficient (Wildman–Crippen LogP) is 2.76. The third-order valence-electron chi connectivity index (χ3n) is 4.26. The van der Waals surface area contributed by atoms with Gasteiger partial charge in [0.1, 0.15) is 11.7 Å². The van der Waals surface area contributed by atoms with E-state index in [4.69, 9.17) is 9.47 Å². The lowest BCUT2D eigenvalue weighted by molar-refractivity contribution is 0.101. The predicted molar refractivity (Wildman–Crippen MR) is 111 cm³/mol. The SMILES string of the molecule is O=C(Nc1ccc(S(=O)(=O)Nc2nccs2)cc1)c1cccnc1OC1CCOC1. The fourth-order valence-electron chi connectivity index (χ4n) is 2.78. The fourth-order valence-corrected chi connectivity index (χ4v) is 4.57. The Morgan fingerprint density at radius 2 is 2.00 bits per heavy atom. The maximum absolute atomic E-state index is 12.7. The molecule has 4 rings (SSSR count). The summed E-state index contributed by atoms with van der Waals surface area (Å²) in [6.45, 7) is 1.08. The maximum Gasteiger partial charge on any atom is 0.263 e. The molecule has 3 aromatic rings. The van der Waals surface area contributed by atoms with Crippen molar-refractivity contribution < 1.29 is 22.7 Å². The van der Waals surface area contributed by atoms with Crippen molar-refractivity contribution in [1.29, 1.82) is 0 Å². The summed E-state index contributed by atoms with van der Waals surface area (Å²) in [5.41, 5.74) is 0.721. The van der Waals surface area contributed by atoms with Crippen LogP contribution in [0.25, 0.3) is 0 Å². The van der Waals surface area contributed by atoms with E-state index >= 15 is 0 Å². The first-order chi connectivity index (χ1) is 14.5. The molecule has 1 saturated heterocycles. The van der Waals surface area contributed by atoms with Gasteiger partial charge in [-0.05, 0) is 36.4 Å². The lowest BCUT2D eigenvalue weighted by atomic mass is 10.2. The van der Waals surface area contributed by atoms with E-state index in [-0.39, 0.29) is 27.6 Å². The molecule has 156 valence electrons. The molecule has 1 aromatic carbocycles. The summed E-state index contributed by atoms with van der Waals surface area (Å²) >= 11 is 1.18. The number of thiazole rings is 1. The van der Waals surface area contributed by atoms with Crippen LogP contribution in [0.15, 0.2) is 59.1 Å². The minimum Gasteiger partial charge on any atom is -0.471 e. The molecule has 9 nitrogen and oxygen atoms in total. The first kappa shape index (κ1) is 20.3. The van der Waals surface area contributed by atoms with Gasteiger partial charge in [-0.2, -0.15) is 0 Å². The van der Waals surface area contributed by atoms with E-state index in [9.17, 15) is 13.2 Å². The standard InChI is InChI=1S/C19H18N4O5S2/c24-17(16-2-1-8-20-18(16)28-14-7-10-27-12-14)22-13-3-5-15(6-4-13)30(25,26)23-19-21-9-11-29-19/h1-6,8-9,11,14H,7,10,12H2,(H,21,23)(H,22,24). The fraction of sp³-hybridized carbons (Fsp3) is 0.211. The van der Waals surface area contributed by atoms with Gasteiger partial charge in [0.15, 0.2) is 5.13 Å². The average Bonchev–Trinajstić information content (AvgIpc) is 3.43. The van der Waals surface area contributed by atoms with Gasteiger partial charge in [-0.25, -0.2) is 18.4 Å². The van der Waals surface area contributed by atoms with Gasteiger partial charge in [-0.15, -0.1) is 11.3 Å². The van der Waals surface area contributed by atoms with Crippen LogP contribution in [-0.4, -0.2) is 43.6 Å². The second kappa shape index (κ2) is 8.78. The van der Waals surface area contributed by atoms with Crippen molar-refractivity contribution in [3.05, 3.63) is 59.7 Å². The van der Waals surface area contributed by atoms with E-state index in [1.54, 1.807) is 23.7 Å². The molecule has 0 bridgehead atoms. The summed E-state index contributed by atoms with van der Waals surface area (Å²) in [5.74, 6) is -0.175. The number of hydrogen-bond donors (Lipinski definition) is 2. The third kappa shape index (κ3) is 4.75. The smallest absolute Gasteiger partial charge is 0.263 e. The monoisotopic (exact) mass is 446 g/mol. The lowest BCUT2D eigenvalue weighted by Gasteiger charge is -2.14. The Morgan fingerprint density at radius 3 is 2.70 bits per heavy atom. The number of nitrogens with one attached hydrogen (secondary N) is 2. The number of carbonyl (C=O) groups excluding carboxylic acids is 1. The van der Waals surface area contributed by atoms with Crippen molar-refractivity contribution in [2.24, 2.45) is 0 Å². The third-order valence-corrected chi connectivity index (χ3v) is 6.43. The zero-order valence-corrected chi connectivity index (χ0v) is 17.3. The van der Waals surface area contributed by atoms with Crippen LogP contribution in [0.2, 0.25) is 0 Å². The van der Waals surface area contributed by atoms with Crippen molar-refractivity contribution in [3.63, 3.8) is 0 Å². The normalized spacial score (nSPS) is 16.2. The molecule has 1 aliphatic heterocycles. The van der Waals surface area contributed by atoms with Gasteiger partial charge >= 0.3 is 0 Å². The Bertz CT molecular complexity index is 1110. The van der Waals surface area contributed by atoms with Crippen LogP contribution in [0, 0.1) is 0 Å². The molecule has 2 aromatic heterocycles. The highest BCUT2D eigenvalue weighted by Gasteiger charge is 2.22. The summed E-state index contributed by atoms with van der Waals surface area (Å²) < 4.78 is 38.3. The van der Waals surface area contributed by atoms with Gasteiger partial charge in [-0.1, -0.05) is 0 Å². The molecule has 0 aliphatic carbocycles. The summed E-state index contributed by atoms with van der Waals surface area (Å²) in [5, 5.41) is 4.69. The van der Waals surface area contributed by atoms with Gasteiger partial charge in [0.05, 0.1) is 18.1 Å². The van der Waals surface area contributed by atoms with Gasteiger partial charge in [0, 0.05) is 29.9 Å². The molecule has 1 unspecified atom stereocenters. The molecule has 2 N–H and O–H groups in total. The molecule has 30 heavy (non-hydrogen) atoms. The summed E-state index contributed by atoms with van der Waals surface area (Å²) in [7, 11) is -3.76. The number of rotatable bonds is 7. The number of ether oxygens (including phenoxy) is 2. The van der Waals surface area contributed by atoms with Crippen molar-refractivity contribution in [3.8, 4) is 5.88 Å². The number of sulfonamides is 1. The van der Waals surface area contributed by atoms with E-state index in [0.717, 1.165) is 6.42 Å². The van der Waals surface area contributed by atoms with Gasteiger partial charge in [0.25, 0.3) is 15.9 Å². The number of hydrogen-bond acceptors (Lipinski definition) is 8. The molecule has 0 radical (unpaired) electrons. The molecule has 1 aliphatic rings. The number of aromatic nitrogens is 2. The Labute approximate surface area is 177 Å². The Hall–Kier alpha value is -3.02. The highest BCUT2D eigenvalue weighted by molar-refractivity contribution is 7.93. The zero-order valence-electron chi connectivity index (χ0n) is 15.6. The average molecular weight is 447 g/mol. The molecule has 0 spiro atoms. The van der Waals surface area contributed by atoms with Crippen LogP contribution < -0.4 is 14.8 Å². The molecular formula is C19H18N4O5S2. The molecule has 1 fully saturated rings. The van der Waals surface area contributed by atoms with Crippen LogP contribution >= 0.6 is 11.3 Å². The maximum atomic E-state index is 12.7. The first-order valence-electron chi connectivity index (χ1n) is 9.04. The number of pyridine rings is 1. The van der Waals surface area contributed by atoms with Crippen molar-refractivity contribution in [2.75, 3.05) is 23.3 Å². The summed E-state index contributed by atoms with van der Waals surface area (Å²) in [4.78, 5) is 20.8. The van der Waals surface area contributed by atoms with Crippen molar-refractivity contribution in [1.82, 2.24) is 9.97 Å². The van der Waals surface area contributed by atoms with Gasteiger partial charge in [0.2, 0.25) is 5.88 Å². The Balaban J connectivity index is 1.45. The van der Waals surface area contributed by atoms with Crippen LogP contribution in [0.1, 0.15) is 16.8 Å². The summed E-state index contributed by atoms with van der Waals surface area (Å²) in [6, 6.07) is 9.09. The van der Waals surface area contributed by atoms with Crippen LogP contribution in [0.5, 0.6) is 5.88 Å². The number of anilines is 2. The van der Waals surface area contributed by atoms with Crippen molar-refractivity contribution >= 4 is 38.1 Å². The van der Waals surface area contributed by atoms with E-state index < -0.39 is 15.9 Å². The number of carbonyl (C=O) groups is 1. The molecule has 1 amide bonds. The molecule has 11 heteroatoms. The highest BCUT2D eigenvalue weighted by Crippen LogP contribution is 2.22. The van der Waals surface area contributed by atoms with E-state index in [1.165, 1.54) is 41.8 Å². The quantitative estimate of drug-likeness (QED) is 0.573. The number of nitrogens with zero attached hydrogens (tertiary/aromatic N) is 2.